The topological polar surface area (TPSA) is 38.0 Å². The molecule has 2 rings (SSSR count). The molecule has 98 valence electrons. The summed E-state index contributed by atoms with van der Waals surface area (Å²) in [6, 6.07) is 8.62. The second-order valence-corrected chi connectivity index (χ2v) is 5.16. The standard InChI is InChI=1S/C13H9BrF2N2S/c14-8-2-3-9(15)12(6-8)18-11-4-1-7(13(17)19)5-10(11)16/h1-6,18H,(H2,17,19). The van der Waals surface area contributed by atoms with Crippen LogP contribution in [0.15, 0.2) is 40.9 Å². The van der Waals surface area contributed by atoms with Gasteiger partial charge in [-0.2, -0.15) is 0 Å². The van der Waals surface area contributed by atoms with Crippen molar-refractivity contribution in [1.29, 1.82) is 0 Å². The van der Waals surface area contributed by atoms with Gasteiger partial charge >= 0.3 is 0 Å². The van der Waals surface area contributed by atoms with Crippen molar-refractivity contribution < 1.29 is 8.78 Å². The molecule has 0 aliphatic heterocycles. The van der Waals surface area contributed by atoms with Crippen molar-refractivity contribution in [2.75, 3.05) is 5.32 Å². The van der Waals surface area contributed by atoms with Gasteiger partial charge in [0.05, 0.1) is 11.4 Å². The number of thiocarbonyl (C=S) groups is 1. The van der Waals surface area contributed by atoms with Gasteiger partial charge in [0.25, 0.3) is 0 Å². The van der Waals surface area contributed by atoms with E-state index in [9.17, 15) is 8.78 Å². The van der Waals surface area contributed by atoms with Crippen LogP contribution in [-0.4, -0.2) is 4.99 Å². The first-order valence-corrected chi connectivity index (χ1v) is 6.49. The molecule has 0 atom stereocenters. The monoisotopic (exact) mass is 342 g/mol. The molecule has 0 fully saturated rings. The Hall–Kier alpha value is -1.53. The first-order chi connectivity index (χ1) is 8.97. The molecule has 0 radical (unpaired) electrons. The van der Waals surface area contributed by atoms with Crippen LogP contribution in [0.25, 0.3) is 0 Å². The van der Waals surface area contributed by atoms with Gasteiger partial charge in [-0.1, -0.05) is 28.1 Å². The Balaban J connectivity index is 2.33. The lowest BCUT2D eigenvalue weighted by atomic mass is 10.2. The van der Waals surface area contributed by atoms with Crippen LogP contribution in [0.5, 0.6) is 0 Å². The largest absolute Gasteiger partial charge is 0.389 e. The minimum Gasteiger partial charge on any atom is -0.389 e. The predicted octanol–water partition coefficient (Wildman–Crippen LogP) is 4.11. The van der Waals surface area contributed by atoms with Crippen molar-refractivity contribution in [3.8, 4) is 0 Å². The van der Waals surface area contributed by atoms with Crippen LogP contribution in [0.3, 0.4) is 0 Å². The number of hydrogen-bond donors (Lipinski definition) is 2. The smallest absolute Gasteiger partial charge is 0.147 e. The summed E-state index contributed by atoms with van der Waals surface area (Å²) in [6.45, 7) is 0. The maximum atomic E-state index is 13.8. The number of rotatable bonds is 3. The second-order valence-electron chi connectivity index (χ2n) is 3.81. The van der Waals surface area contributed by atoms with Gasteiger partial charge in [0, 0.05) is 10.0 Å². The molecule has 0 spiro atoms. The highest BCUT2D eigenvalue weighted by Crippen LogP contribution is 2.25. The molecule has 0 aromatic heterocycles. The van der Waals surface area contributed by atoms with Crippen molar-refractivity contribution in [3.05, 3.63) is 58.1 Å². The van der Waals surface area contributed by atoms with Gasteiger partial charge in [0.2, 0.25) is 0 Å². The third kappa shape index (κ3) is 3.27. The highest BCUT2D eigenvalue weighted by atomic mass is 79.9. The van der Waals surface area contributed by atoms with Crippen LogP contribution in [0.1, 0.15) is 5.56 Å². The summed E-state index contributed by atoms with van der Waals surface area (Å²) in [6.07, 6.45) is 0. The van der Waals surface area contributed by atoms with Crippen LogP contribution in [0, 0.1) is 11.6 Å². The summed E-state index contributed by atoms with van der Waals surface area (Å²) in [5.41, 5.74) is 6.16. The van der Waals surface area contributed by atoms with E-state index in [0.29, 0.717) is 10.0 Å². The van der Waals surface area contributed by atoms with Crippen molar-refractivity contribution in [3.63, 3.8) is 0 Å². The fourth-order valence-electron chi connectivity index (χ4n) is 1.51. The van der Waals surface area contributed by atoms with Crippen LogP contribution in [0.2, 0.25) is 0 Å². The molecule has 6 heteroatoms. The van der Waals surface area contributed by atoms with E-state index >= 15 is 0 Å². The first-order valence-electron chi connectivity index (χ1n) is 5.29. The van der Waals surface area contributed by atoms with Crippen LogP contribution in [0.4, 0.5) is 20.2 Å². The van der Waals surface area contributed by atoms with Crippen LogP contribution in [-0.2, 0) is 0 Å². The molecule has 0 aliphatic carbocycles. The maximum absolute atomic E-state index is 13.8. The van der Waals surface area contributed by atoms with E-state index in [1.807, 2.05) is 0 Å². The average Bonchev–Trinajstić information content (AvgIpc) is 2.36. The summed E-state index contributed by atoms with van der Waals surface area (Å²) < 4.78 is 28.1. The minimum absolute atomic E-state index is 0.110. The van der Waals surface area contributed by atoms with E-state index in [1.165, 1.54) is 24.3 Å². The average molecular weight is 343 g/mol. The minimum atomic E-state index is -0.551. The zero-order valence-electron chi connectivity index (χ0n) is 9.58. The lowest BCUT2D eigenvalue weighted by Crippen LogP contribution is -2.10. The van der Waals surface area contributed by atoms with E-state index < -0.39 is 11.6 Å². The quantitative estimate of drug-likeness (QED) is 0.824. The molecular weight excluding hydrogens is 334 g/mol. The predicted molar refractivity (Wildman–Crippen MR) is 79.7 cm³/mol. The van der Waals surface area contributed by atoms with E-state index in [0.717, 1.165) is 0 Å². The molecule has 3 N–H and O–H groups in total. The fourth-order valence-corrected chi connectivity index (χ4v) is 2.00. The van der Waals surface area contributed by atoms with Gasteiger partial charge in [0.1, 0.15) is 16.6 Å². The molecule has 0 heterocycles. The molecule has 0 saturated heterocycles. The lowest BCUT2D eigenvalue weighted by molar-refractivity contribution is 0.625. The van der Waals surface area contributed by atoms with Gasteiger partial charge in [-0.15, -0.1) is 0 Å². The first kappa shape index (κ1) is 13.9. The van der Waals surface area contributed by atoms with Gasteiger partial charge < -0.3 is 11.1 Å². The molecule has 0 saturated carbocycles. The van der Waals surface area contributed by atoms with Crippen LogP contribution >= 0.6 is 28.1 Å². The summed E-state index contributed by atoms with van der Waals surface area (Å²) >= 11 is 7.98. The highest BCUT2D eigenvalue weighted by Gasteiger charge is 2.08. The number of benzene rings is 2. The van der Waals surface area contributed by atoms with Gasteiger partial charge in [-0.3, -0.25) is 0 Å². The Bertz CT molecular complexity index is 647. The third-order valence-electron chi connectivity index (χ3n) is 2.45. The molecule has 0 amide bonds. The number of nitrogens with one attached hydrogen (secondary N) is 1. The Kier molecular flexibility index (Phi) is 4.11. The number of hydrogen-bond acceptors (Lipinski definition) is 2. The Morgan fingerprint density at radius 2 is 1.79 bits per heavy atom. The maximum Gasteiger partial charge on any atom is 0.147 e. The van der Waals surface area contributed by atoms with E-state index in [1.54, 1.807) is 12.1 Å². The summed E-state index contributed by atoms with van der Waals surface area (Å²) in [5, 5.41) is 2.68. The Morgan fingerprint density at radius 1 is 1.05 bits per heavy atom. The molecule has 0 aliphatic rings. The number of anilines is 2. The molecule has 0 bridgehead atoms. The zero-order chi connectivity index (χ0) is 14.0. The molecule has 2 aromatic carbocycles. The summed E-state index contributed by atoms with van der Waals surface area (Å²) in [4.78, 5) is 0.110. The van der Waals surface area contributed by atoms with E-state index in [-0.39, 0.29) is 16.4 Å². The van der Waals surface area contributed by atoms with E-state index in [2.05, 4.69) is 21.2 Å². The zero-order valence-corrected chi connectivity index (χ0v) is 12.0. The lowest BCUT2D eigenvalue weighted by Gasteiger charge is -2.10. The normalized spacial score (nSPS) is 10.3. The molecule has 0 unspecified atom stereocenters. The Morgan fingerprint density at radius 3 is 2.42 bits per heavy atom. The number of halogens is 3. The fraction of sp³-hybridized carbons (Fsp3) is 0. The molecular formula is C13H9BrF2N2S. The SMILES string of the molecule is NC(=S)c1ccc(Nc2cc(Br)ccc2F)c(F)c1. The van der Waals surface area contributed by atoms with Crippen molar-refractivity contribution >= 4 is 44.5 Å². The Labute approximate surface area is 122 Å². The van der Waals surface area contributed by atoms with Crippen molar-refractivity contribution in [1.82, 2.24) is 0 Å². The van der Waals surface area contributed by atoms with Crippen molar-refractivity contribution in [2.45, 2.75) is 0 Å². The molecule has 19 heavy (non-hydrogen) atoms. The molecule has 2 nitrogen and oxygen atoms in total. The third-order valence-corrected chi connectivity index (χ3v) is 3.18. The highest BCUT2D eigenvalue weighted by molar-refractivity contribution is 9.10. The molecule has 2 aromatic rings. The summed E-state index contributed by atoms with van der Waals surface area (Å²) in [7, 11) is 0. The second kappa shape index (κ2) is 5.63. The van der Waals surface area contributed by atoms with Gasteiger partial charge in [-0.05, 0) is 36.4 Å². The number of nitrogens with two attached hydrogens (primary N) is 1. The summed E-state index contributed by atoms with van der Waals surface area (Å²) in [5.74, 6) is -1.02. The van der Waals surface area contributed by atoms with Crippen LogP contribution < -0.4 is 11.1 Å². The van der Waals surface area contributed by atoms with E-state index in [4.69, 9.17) is 18.0 Å². The van der Waals surface area contributed by atoms with Gasteiger partial charge in [0.15, 0.2) is 0 Å². The van der Waals surface area contributed by atoms with Gasteiger partial charge in [-0.25, -0.2) is 8.78 Å². The van der Waals surface area contributed by atoms with Crippen molar-refractivity contribution in [2.24, 2.45) is 5.73 Å².